The van der Waals surface area contributed by atoms with Gasteiger partial charge in [-0.3, -0.25) is 0 Å². The van der Waals surface area contributed by atoms with Crippen molar-refractivity contribution in [1.82, 2.24) is 0 Å². The maximum atomic E-state index is 8.42. The molecule has 0 aliphatic rings. The number of hydrogen-bond donors (Lipinski definition) is 0. The molecule has 0 unspecified atom stereocenters. The van der Waals surface area contributed by atoms with E-state index in [0.717, 1.165) is 0 Å². The summed E-state index contributed by atoms with van der Waals surface area (Å²) >= 11 is -0.0833. The minimum absolute atomic E-state index is 0. The van der Waals surface area contributed by atoms with E-state index in [-0.39, 0.29) is 109 Å². The van der Waals surface area contributed by atoms with Crippen molar-refractivity contribution in [3.63, 3.8) is 0 Å². The Bertz CT molecular complexity index is 8.00. The summed E-state index contributed by atoms with van der Waals surface area (Å²) in [6.07, 6.45) is 0. The third kappa shape index (κ3) is 9.07. The first kappa shape index (κ1) is 15.7. The average molecular weight is 385 g/mol. The van der Waals surface area contributed by atoms with Crippen LogP contribution in [0.3, 0.4) is 0 Å². The molecule has 0 aromatic heterocycles. The Hall–Kier alpha value is 3.45. The number of hydrogen-bond acceptors (Lipinski definition) is 1. The molecular weight excluding hydrogens is 383 g/mol. The van der Waals surface area contributed by atoms with Crippen LogP contribution in [0.2, 0.25) is 0 Å². The summed E-state index contributed by atoms with van der Waals surface area (Å²) < 4.78 is 8.42. The Balaban J connectivity index is -0.00000000500. The smallest absolute Gasteiger partial charge is 0 e. The molecule has 0 saturated carbocycles. The molecular formula is H2BaLaOZr. The molecule has 0 bridgehead atoms. The van der Waals surface area contributed by atoms with Crippen molar-refractivity contribution in [2.75, 3.05) is 0 Å². The third-order valence-corrected chi connectivity index (χ3v) is 0. The predicted octanol–water partition coefficient (Wildman–Crippen LogP) is -1.04. The third-order valence-electron chi connectivity index (χ3n) is 0. The van der Waals surface area contributed by atoms with E-state index in [2.05, 4.69) is 0 Å². The van der Waals surface area contributed by atoms with E-state index in [0.29, 0.717) is 0 Å². The summed E-state index contributed by atoms with van der Waals surface area (Å²) in [7, 11) is 0. The van der Waals surface area contributed by atoms with Gasteiger partial charge in [0.25, 0.3) is 0 Å². The second kappa shape index (κ2) is 16.1. The Labute approximate surface area is 107 Å². The Morgan fingerprint density at radius 2 is 1.25 bits per heavy atom. The van der Waals surface area contributed by atoms with Crippen LogP contribution in [0.4, 0.5) is 0 Å². The molecule has 0 rings (SSSR count). The Kier molecular flexibility index (Phi) is 63.0. The standard InChI is InChI=1S/Ba.La.O.Zr.2H. The SMILES string of the molecule is [BaH2].[O]=[La].[Zr]. The van der Waals surface area contributed by atoms with Gasteiger partial charge in [-0.25, -0.2) is 0 Å². The van der Waals surface area contributed by atoms with Crippen LogP contribution in [0.25, 0.3) is 0 Å². The maximum absolute atomic E-state index is 8.42. The largest absolute Gasteiger partial charge is 0 e. The Morgan fingerprint density at radius 1 is 1.25 bits per heavy atom. The van der Waals surface area contributed by atoms with Crippen molar-refractivity contribution in [1.29, 1.82) is 0 Å². The van der Waals surface area contributed by atoms with Gasteiger partial charge in [0.2, 0.25) is 0 Å². The van der Waals surface area contributed by atoms with Crippen LogP contribution in [0, 0.1) is 33.8 Å². The quantitative estimate of drug-likeness (QED) is 0.487. The van der Waals surface area contributed by atoms with E-state index in [1.54, 1.807) is 0 Å². The van der Waals surface area contributed by atoms with Gasteiger partial charge in [-0.1, -0.05) is 0 Å². The first-order valence-corrected chi connectivity index (χ1v) is 1.72. The molecule has 0 saturated heterocycles. The molecule has 0 N–H and O–H groups in total. The van der Waals surface area contributed by atoms with Crippen molar-refractivity contribution in [3.8, 4) is 0 Å². The fourth-order valence-electron chi connectivity index (χ4n) is 0. The molecule has 0 aromatic carbocycles. The van der Waals surface area contributed by atoms with Crippen LogP contribution in [0.5, 0.6) is 0 Å². The van der Waals surface area contributed by atoms with E-state index in [9.17, 15) is 0 Å². The summed E-state index contributed by atoms with van der Waals surface area (Å²) in [5.41, 5.74) is 0. The van der Waals surface area contributed by atoms with Crippen LogP contribution >= 0.6 is 0 Å². The Morgan fingerprint density at radius 3 is 1.25 bits per heavy atom. The van der Waals surface area contributed by atoms with Gasteiger partial charge >= 0.3 is 84.4 Å². The summed E-state index contributed by atoms with van der Waals surface area (Å²) in [5.74, 6) is 0. The van der Waals surface area contributed by atoms with Gasteiger partial charge < -0.3 is 0 Å². The van der Waals surface area contributed by atoms with E-state index in [1.165, 1.54) is 0 Å². The summed E-state index contributed by atoms with van der Waals surface area (Å²) in [6, 6.07) is 0. The molecule has 0 aromatic rings. The molecule has 0 amide bonds. The molecule has 0 heterocycles. The van der Waals surface area contributed by atoms with Crippen molar-refractivity contribution in [2.45, 2.75) is 0 Å². The molecule has 4 heavy (non-hydrogen) atoms. The first-order chi connectivity index (χ1) is 1.00. The van der Waals surface area contributed by atoms with Crippen LogP contribution in [-0.4, -0.2) is 48.9 Å². The molecule has 0 aliphatic carbocycles. The van der Waals surface area contributed by atoms with Crippen LogP contribution in [-0.2, 0) is 27.9 Å². The van der Waals surface area contributed by atoms with Gasteiger partial charge in [-0.2, -0.15) is 0 Å². The van der Waals surface area contributed by atoms with Gasteiger partial charge in [0, 0.05) is 26.2 Å². The second-order valence-electron chi connectivity index (χ2n) is 0. The van der Waals surface area contributed by atoms with Crippen LogP contribution in [0.1, 0.15) is 0 Å². The first-order valence-electron chi connectivity index (χ1n) is 0.236. The monoisotopic (exact) mass is 385 g/mol. The van der Waals surface area contributed by atoms with Gasteiger partial charge in [0.15, 0.2) is 0 Å². The predicted molar refractivity (Wildman–Crippen MR) is 9.23 cm³/mol. The summed E-state index contributed by atoms with van der Waals surface area (Å²) in [5, 5.41) is 0. The van der Waals surface area contributed by atoms with Gasteiger partial charge in [-0.05, 0) is 0 Å². The van der Waals surface area contributed by atoms with E-state index in [4.69, 9.17) is 1.70 Å². The minimum Gasteiger partial charge on any atom is 0 e. The van der Waals surface area contributed by atoms with E-state index < -0.39 is 0 Å². The zero-order chi connectivity index (χ0) is 2.00. The molecule has 0 aliphatic heterocycles. The second-order valence-corrected chi connectivity index (χ2v) is 0. The molecule has 0 fully saturated rings. The summed E-state index contributed by atoms with van der Waals surface area (Å²) in [6.45, 7) is 0. The van der Waals surface area contributed by atoms with Crippen molar-refractivity contribution >= 4 is 48.9 Å². The van der Waals surface area contributed by atoms with E-state index >= 15 is 0 Å². The fourth-order valence-corrected chi connectivity index (χ4v) is 0. The van der Waals surface area contributed by atoms with Gasteiger partial charge in [0.05, 0.1) is 0 Å². The zero-order valence-corrected chi connectivity index (χ0v) is 7.57. The molecule has 4 heteroatoms. The zero-order valence-electron chi connectivity index (χ0n) is 1.49. The fraction of sp³-hybridized carbons (Fsp3) is 0. The average Bonchev–Trinajstić information content (AvgIpc) is 1.00. The molecule has 17 valence electrons. The normalized spacial score (nSPS) is 1.50. The molecule has 0 atom stereocenters. The minimum atomic E-state index is -0.0833. The van der Waals surface area contributed by atoms with Crippen molar-refractivity contribution in [2.24, 2.45) is 0 Å². The van der Waals surface area contributed by atoms with Crippen LogP contribution < -0.4 is 0 Å². The van der Waals surface area contributed by atoms with Gasteiger partial charge in [-0.15, -0.1) is 0 Å². The maximum Gasteiger partial charge on any atom is 0 e. The number of rotatable bonds is 0. The topological polar surface area (TPSA) is 17.1 Å². The van der Waals surface area contributed by atoms with E-state index in [1.807, 2.05) is 0 Å². The molecule has 0 spiro atoms. The molecule has 1 nitrogen and oxygen atoms in total. The van der Waals surface area contributed by atoms with Crippen molar-refractivity contribution in [3.05, 3.63) is 0 Å². The molecule has 0 radical (unpaired) electrons. The summed E-state index contributed by atoms with van der Waals surface area (Å²) in [4.78, 5) is 0. The van der Waals surface area contributed by atoms with Gasteiger partial charge in [0.1, 0.15) is 0 Å². The van der Waals surface area contributed by atoms with Crippen molar-refractivity contribution < 1.29 is 61.7 Å². The van der Waals surface area contributed by atoms with Crippen LogP contribution in [0.15, 0.2) is 0 Å².